The van der Waals surface area contributed by atoms with Gasteiger partial charge in [0.2, 0.25) is 0 Å². The molecule has 0 spiro atoms. The Morgan fingerprint density at radius 2 is 2.28 bits per heavy atom. The smallest absolute Gasteiger partial charge is 0.254 e. The molecule has 0 aliphatic carbocycles. The highest BCUT2D eigenvalue weighted by Gasteiger charge is 2.31. The van der Waals surface area contributed by atoms with Crippen LogP contribution >= 0.6 is 0 Å². The number of nitrogens with two attached hydrogens (primary N) is 1. The molecule has 98 valence electrons. The Balaban J connectivity index is 2.17. The third-order valence-electron chi connectivity index (χ3n) is 3.40. The van der Waals surface area contributed by atoms with Gasteiger partial charge in [0, 0.05) is 19.2 Å². The molecule has 2 N–H and O–H groups in total. The van der Waals surface area contributed by atoms with Crippen molar-refractivity contribution in [3.8, 4) is 0 Å². The van der Waals surface area contributed by atoms with Gasteiger partial charge in [-0.1, -0.05) is 0 Å². The minimum Gasteiger partial charge on any atom is -0.396 e. The summed E-state index contributed by atoms with van der Waals surface area (Å²) >= 11 is 0. The average molecular weight is 252 g/mol. The van der Waals surface area contributed by atoms with Gasteiger partial charge >= 0.3 is 0 Å². The SMILES string of the molecule is CC1OCCC1N(C)C(=O)c1ccc(N)c(F)c1. The number of carbonyl (C=O) groups is 1. The third-order valence-corrected chi connectivity index (χ3v) is 3.40. The maximum Gasteiger partial charge on any atom is 0.254 e. The Morgan fingerprint density at radius 3 is 2.83 bits per heavy atom. The molecule has 0 bridgehead atoms. The predicted octanol–water partition coefficient (Wildman–Crippen LogP) is 1.66. The Kier molecular flexibility index (Phi) is 3.52. The molecule has 2 unspecified atom stereocenters. The molecule has 1 heterocycles. The van der Waals surface area contributed by atoms with E-state index in [1.54, 1.807) is 11.9 Å². The third kappa shape index (κ3) is 2.31. The highest BCUT2D eigenvalue weighted by molar-refractivity contribution is 5.94. The zero-order valence-corrected chi connectivity index (χ0v) is 10.5. The summed E-state index contributed by atoms with van der Waals surface area (Å²) in [5.74, 6) is -0.777. The first-order valence-corrected chi connectivity index (χ1v) is 5.94. The first-order valence-electron chi connectivity index (χ1n) is 5.94. The molecule has 1 aliphatic rings. The molecule has 4 nitrogen and oxygen atoms in total. The van der Waals surface area contributed by atoms with E-state index in [0.29, 0.717) is 12.2 Å². The van der Waals surface area contributed by atoms with Gasteiger partial charge in [-0.15, -0.1) is 0 Å². The van der Waals surface area contributed by atoms with Crippen molar-refractivity contribution in [2.75, 3.05) is 19.4 Å². The maximum atomic E-state index is 13.3. The number of likely N-dealkylation sites (N-methyl/N-ethyl adjacent to an activating group) is 1. The highest BCUT2D eigenvalue weighted by Crippen LogP contribution is 2.21. The maximum absolute atomic E-state index is 13.3. The van der Waals surface area contributed by atoms with Gasteiger partial charge in [-0.2, -0.15) is 0 Å². The van der Waals surface area contributed by atoms with E-state index in [9.17, 15) is 9.18 Å². The molecule has 0 radical (unpaired) electrons. The molecule has 1 amide bonds. The molecular weight excluding hydrogens is 235 g/mol. The van der Waals surface area contributed by atoms with E-state index >= 15 is 0 Å². The standard InChI is InChI=1S/C13H17FN2O2/c1-8-12(5-6-18-8)16(2)13(17)9-3-4-11(15)10(14)7-9/h3-4,7-8,12H,5-6,15H2,1-2H3. The number of halogens is 1. The molecule has 2 rings (SSSR count). The Labute approximate surface area is 106 Å². The monoisotopic (exact) mass is 252 g/mol. The van der Waals surface area contributed by atoms with Gasteiger partial charge < -0.3 is 15.4 Å². The van der Waals surface area contributed by atoms with Crippen molar-refractivity contribution < 1.29 is 13.9 Å². The molecule has 0 saturated carbocycles. The van der Waals surface area contributed by atoms with Crippen molar-refractivity contribution in [2.45, 2.75) is 25.5 Å². The van der Waals surface area contributed by atoms with Crippen LogP contribution in [0, 0.1) is 5.82 Å². The number of nitrogens with zero attached hydrogens (tertiary/aromatic N) is 1. The minimum atomic E-state index is -0.565. The summed E-state index contributed by atoms with van der Waals surface area (Å²) in [6.45, 7) is 2.59. The summed E-state index contributed by atoms with van der Waals surface area (Å²) in [5, 5.41) is 0. The van der Waals surface area contributed by atoms with Crippen molar-refractivity contribution in [2.24, 2.45) is 0 Å². The minimum absolute atomic E-state index is 0.0116. The van der Waals surface area contributed by atoms with Gasteiger partial charge in [0.15, 0.2) is 0 Å². The zero-order valence-electron chi connectivity index (χ0n) is 10.5. The van der Waals surface area contributed by atoms with E-state index in [0.717, 1.165) is 6.42 Å². The highest BCUT2D eigenvalue weighted by atomic mass is 19.1. The van der Waals surface area contributed by atoms with E-state index in [4.69, 9.17) is 10.5 Å². The second-order valence-electron chi connectivity index (χ2n) is 4.58. The van der Waals surface area contributed by atoms with Crippen molar-refractivity contribution in [1.29, 1.82) is 0 Å². The number of benzene rings is 1. The normalized spacial score (nSPS) is 23.1. The van der Waals surface area contributed by atoms with Gasteiger partial charge in [-0.05, 0) is 31.5 Å². The van der Waals surface area contributed by atoms with E-state index < -0.39 is 5.82 Å². The molecule has 1 aromatic rings. The first-order chi connectivity index (χ1) is 8.50. The van der Waals surface area contributed by atoms with Crippen LogP contribution in [0.25, 0.3) is 0 Å². The van der Waals surface area contributed by atoms with Crippen LogP contribution < -0.4 is 5.73 Å². The summed E-state index contributed by atoms with van der Waals surface area (Å²) in [7, 11) is 1.71. The predicted molar refractivity (Wildman–Crippen MR) is 66.7 cm³/mol. The van der Waals surface area contributed by atoms with Gasteiger partial charge in [0.05, 0.1) is 17.8 Å². The van der Waals surface area contributed by atoms with Gasteiger partial charge in [0.25, 0.3) is 5.91 Å². The lowest BCUT2D eigenvalue weighted by Crippen LogP contribution is -2.41. The van der Waals surface area contributed by atoms with E-state index in [2.05, 4.69) is 0 Å². The number of nitrogen functional groups attached to an aromatic ring is 1. The summed E-state index contributed by atoms with van der Waals surface area (Å²) in [6, 6.07) is 4.16. The largest absolute Gasteiger partial charge is 0.396 e. The van der Waals surface area contributed by atoms with Gasteiger partial charge in [-0.3, -0.25) is 4.79 Å². The lowest BCUT2D eigenvalue weighted by Gasteiger charge is -2.26. The van der Waals surface area contributed by atoms with E-state index in [1.165, 1.54) is 18.2 Å². The van der Waals surface area contributed by atoms with Crippen LogP contribution in [0.3, 0.4) is 0 Å². The van der Waals surface area contributed by atoms with Crippen LogP contribution in [0.4, 0.5) is 10.1 Å². The number of anilines is 1. The molecule has 1 aliphatic heterocycles. The van der Waals surface area contributed by atoms with Crippen LogP contribution in [0.15, 0.2) is 18.2 Å². The first kappa shape index (κ1) is 12.8. The second kappa shape index (κ2) is 4.94. The van der Waals surface area contributed by atoms with Crippen LogP contribution in [0.1, 0.15) is 23.7 Å². The molecule has 18 heavy (non-hydrogen) atoms. The fraction of sp³-hybridized carbons (Fsp3) is 0.462. The molecule has 2 atom stereocenters. The molecule has 1 fully saturated rings. The van der Waals surface area contributed by atoms with Crippen LogP contribution in [-0.2, 0) is 4.74 Å². The summed E-state index contributed by atoms with van der Waals surface area (Å²) in [6.07, 6.45) is 0.818. The number of hydrogen-bond donors (Lipinski definition) is 1. The zero-order chi connectivity index (χ0) is 13.3. The Hall–Kier alpha value is -1.62. The number of hydrogen-bond acceptors (Lipinski definition) is 3. The number of amides is 1. The fourth-order valence-electron chi connectivity index (χ4n) is 2.24. The van der Waals surface area contributed by atoms with Crippen LogP contribution in [0.5, 0.6) is 0 Å². The lowest BCUT2D eigenvalue weighted by molar-refractivity contribution is 0.0574. The second-order valence-corrected chi connectivity index (χ2v) is 4.58. The molecule has 5 heteroatoms. The quantitative estimate of drug-likeness (QED) is 0.814. The summed E-state index contributed by atoms with van der Waals surface area (Å²) in [4.78, 5) is 13.8. The Bertz CT molecular complexity index is 464. The number of rotatable bonds is 2. The topological polar surface area (TPSA) is 55.6 Å². The molecule has 1 aromatic carbocycles. The lowest BCUT2D eigenvalue weighted by atomic mass is 10.1. The molecule has 1 saturated heterocycles. The molecule has 0 aromatic heterocycles. The van der Waals surface area contributed by atoms with E-state index in [1.807, 2.05) is 6.92 Å². The van der Waals surface area contributed by atoms with Gasteiger partial charge in [0.1, 0.15) is 5.82 Å². The van der Waals surface area contributed by atoms with Crippen molar-refractivity contribution in [3.05, 3.63) is 29.6 Å². The fourth-order valence-corrected chi connectivity index (χ4v) is 2.24. The van der Waals surface area contributed by atoms with Crippen LogP contribution in [0.2, 0.25) is 0 Å². The van der Waals surface area contributed by atoms with Gasteiger partial charge in [-0.25, -0.2) is 4.39 Å². The molecular formula is C13H17FN2O2. The average Bonchev–Trinajstić information content (AvgIpc) is 2.77. The van der Waals surface area contributed by atoms with Crippen molar-refractivity contribution in [3.63, 3.8) is 0 Å². The Morgan fingerprint density at radius 1 is 1.56 bits per heavy atom. The van der Waals surface area contributed by atoms with E-state index in [-0.39, 0.29) is 23.7 Å². The summed E-state index contributed by atoms with van der Waals surface area (Å²) < 4.78 is 18.8. The van der Waals surface area contributed by atoms with Crippen molar-refractivity contribution >= 4 is 11.6 Å². The van der Waals surface area contributed by atoms with Crippen molar-refractivity contribution in [1.82, 2.24) is 4.90 Å². The van der Waals surface area contributed by atoms with Crippen LogP contribution in [-0.4, -0.2) is 36.6 Å². The number of ether oxygens (including phenoxy) is 1. The summed E-state index contributed by atoms with van der Waals surface area (Å²) in [5.41, 5.74) is 5.75. The number of carbonyl (C=O) groups excluding carboxylic acids is 1.